The highest BCUT2D eigenvalue weighted by atomic mass is 79.9. The van der Waals surface area contributed by atoms with Crippen molar-refractivity contribution in [3.05, 3.63) is 63.2 Å². The van der Waals surface area contributed by atoms with Crippen LogP contribution in [0.25, 0.3) is 11.0 Å². The van der Waals surface area contributed by atoms with Crippen molar-refractivity contribution in [2.24, 2.45) is 18.5 Å². The fraction of sp³-hybridized carbons (Fsp3) is 0.364. The van der Waals surface area contributed by atoms with Crippen molar-refractivity contribution in [2.45, 2.75) is 19.9 Å². The molecule has 0 saturated heterocycles. The maximum absolute atomic E-state index is 11.9. The van der Waals surface area contributed by atoms with Crippen LogP contribution >= 0.6 is 15.9 Å². The predicted molar refractivity (Wildman–Crippen MR) is 124 cm³/mol. The standard InChI is InChI=1S/C22H29BrN6O/c1-14(11-19(24)22(30)27(2)3)20(25)15-6-9-29(10-7-15)13-16-12-17-18(23)5-8-26-21(17)28(16)4/h5-6,8,11-12H,7,9-10,13,24-25H2,1-4H3/b19-11-,20-14-. The van der Waals surface area contributed by atoms with E-state index in [4.69, 9.17) is 11.5 Å². The van der Waals surface area contributed by atoms with E-state index in [2.05, 4.69) is 49.6 Å². The number of carbonyl (C=O) groups is 1. The summed E-state index contributed by atoms with van der Waals surface area (Å²) in [6.45, 7) is 4.45. The van der Waals surface area contributed by atoms with Gasteiger partial charge in [0.25, 0.3) is 5.91 Å². The maximum atomic E-state index is 11.9. The molecular weight excluding hydrogens is 444 g/mol. The monoisotopic (exact) mass is 472 g/mol. The molecule has 1 amide bonds. The molecule has 30 heavy (non-hydrogen) atoms. The van der Waals surface area contributed by atoms with Crippen LogP contribution in [0.3, 0.4) is 0 Å². The molecule has 1 aliphatic rings. The number of hydrogen-bond acceptors (Lipinski definition) is 5. The number of likely N-dealkylation sites (N-methyl/N-ethyl adjacent to an activating group) is 1. The summed E-state index contributed by atoms with van der Waals surface area (Å²) in [5.74, 6) is -0.220. The number of halogens is 1. The van der Waals surface area contributed by atoms with E-state index in [-0.39, 0.29) is 11.6 Å². The number of aryl methyl sites for hydroxylation is 1. The number of aromatic nitrogens is 2. The number of fused-ring (bicyclic) bond motifs is 1. The van der Waals surface area contributed by atoms with E-state index in [9.17, 15) is 4.79 Å². The fourth-order valence-electron chi connectivity index (χ4n) is 3.60. The first-order chi connectivity index (χ1) is 14.2. The van der Waals surface area contributed by atoms with Crippen molar-refractivity contribution in [2.75, 3.05) is 27.2 Å². The molecule has 0 atom stereocenters. The molecule has 8 heteroatoms. The molecule has 0 aromatic carbocycles. The Bertz CT molecular complexity index is 1060. The number of pyridine rings is 1. The summed E-state index contributed by atoms with van der Waals surface area (Å²) in [5, 5.41) is 1.13. The zero-order chi connectivity index (χ0) is 22.0. The van der Waals surface area contributed by atoms with Gasteiger partial charge in [-0.05, 0) is 58.6 Å². The van der Waals surface area contributed by atoms with Gasteiger partial charge in [0.1, 0.15) is 5.65 Å². The van der Waals surface area contributed by atoms with Crippen molar-refractivity contribution in [3.8, 4) is 0 Å². The van der Waals surface area contributed by atoms with Crippen LogP contribution in [-0.4, -0.2) is 52.4 Å². The Kier molecular flexibility index (Phi) is 6.67. The molecule has 7 nitrogen and oxygen atoms in total. The summed E-state index contributed by atoms with van der Waals surface area (Å²) in [4.78, 5) is 20.3. The molecule has 0 aliphatic carbocycles. The Morgan fingerprint density at radius 2 is 2.10 bits per heavy atom. The molecule has 0 fully saturated rings. The molecule has 2 aromatic rings. The van der Waals surface area contributed by atoms with Gasteiger partial charge in [0.15, 0.2) is 0 Å². The van der Waals surface area contributed by atoms with Crippen LogP contribution in [0.15, 0.2) is 57.5 Å². The summed E-state index contributed by atoms with van der Waals surface area (Å²) in [6, 6.07) is 4.16. The van der Waals surface area contributed by atoms with Crippen LogP contribution in [0.1, 0.15) is 19.0 Å². The lowest BCUT2D eigenvalue weighted by Crippen LogP contribution is -2.30. The molecule has 0 unspecified atom stereocenters. The molecule has 160 valence electrons. The Balaban J connectivity index is 1.72. The van der Waals surface area contributed by atoms with Gasteiger partial charge in [-0.1, -0.05) is 6.08 Å². The maximum Gasteiger partial charge on any atom is 0.269 e. The molecule has 1 aliphatic heterocycles. The Morgan fingerprint density at radius 1 is 1.37 bits per heavy atom. The third-order valence-corrected chi connectivity index (χ3v) is 6.14. The molecule has 0 radical (unpaired) electrons. The lowest BCUT2D eigenvalue weighted by molar-refractivity contribution is -0.124. The van der Waals surface area contributed by atoms with E-state index in [1.165, 1.54) is 10.6 Å². The van der Waals surface area contributed by atoms with Crippen LogP contribution in [0.2, 0.25) is 0 Å². The summed E-state index contributed by atoms with van der Waals surface area (Å²) in [6.07, 6.45) is 6.49. The molecule has 0 bridgehead atoms. The highest BCUT2D eigenvalue weighted by Gasteiger charge is 2.17. The lowest BCUT2D eigenvalue weighted by Gasteiger charge is -2.27. The first-order valence-corrected chi connectivity index (χ1v) is 10.6. The highest BCUT2D eigenvalue weighted by molar-refractivity contribution is 9.10. The molecule has 2 aromatic heterocycles. The highest BCUT2D eigenvalue weighted by Crippen LogP contribution is 2.26. The summed E-state index contributed by atoms with van der Waals surface area (Å²) < 4.78 is 3.20. The van der Waals surface area contributed by atoms with E-state index >= 15 is 0 Å². The average Bonchev–Trinajstić information content (AvgIpc) is 3.04. The average molecular weight is 473 g/mol. The van der Waals surface area contributed by atoms with Crippen LogP contribution in [-0.2, 0) is 18.4 Å². The van der Waals surface area contributed by atoms with Gasteiger partial charge in [-0.2, -0.15) is 0 Å². The van der Waals surface area contributed by atoms with Crippen molar-refractivity contribution in [3.63, 3.8) is 0 Å². The Labute approximate surface area is 185 Å². The molecule has 4 N–H and O–H groups in total. The van der Waals surface area contributed by atoms with E-state index in [1.807, 2.05) is 19.2 Å². The van der Waals surface area contributed by atoms with E-state index in [1.54, 1.807) is 20.2 Å². The minimum atomic E-state index is -0.220. The van der Waals surface area contributed by atoms with Gasteiger partial charge in [0, 0.05) is 68.2 Å². The van der Waals surface area contributed by atoms with Crippen molar-refractivity contribution < 1.29 is 4.79 Å². The minimum absolute atomic E-state index is 0.189. The van der Waals surface area contributed by atoms with Crippen molar-refractivity contribution in [1.82, 2.24) is 19.4 Å². The number of amides is 1. The number of allylic oxidation sites excluding steroid dienone is 3. The quantitative estimate of drug-likeness (QED) is 0.515. The van der Waals surface area contributed by atoms with E-state index in [0.29, 0.717) is 5.70 Å². The van der Waals surface area contributed by atoms with Crippen LogP contribution < -0.4 is 11.5 Å². The van der Waals surface area contributed by atoms with Gasteiger partial charge in [-0.15, -0.1) is 0 Å². The van der Waals surface area contributed by atoms with Gasteiger partial charge < -0.3 is 20.9 Å². The van der Waals surface area contributed by atoms with Gasteiger partial charge in [0.05, 0.1) is 5.70 Å². The number of nitrogens with two attached hydrogens (primary N) is 2. The number of hydrogen-bond donors (Lipinski definition) is 2. The van der Waals surface area contributed by atoms with Gasteiger partial charge >= 0.3 is 0 Å². The largest absolute Gasteiger partial charge is 0.398 e. The lowest BCUT2D eigenvalue weighted by atomic mass is 10.0. The SMILES string of the molecule is CC(/C=C(\N)C(=O)N(C)C)=C(/N)C1=CCN(Cc2cc3c(Br)ccnc3n2C)CC1. The number of nitrogens with zero attached hydrogens (tertiary/aromatic N) is 4. The van der Waals surface area contributed by atoms with Crippen LogP contribution in [0, 0.1) is 0 Å². The summed E-state index contributed by atoms with van der Waals surface area (Å²) >= 11 is 3.61. The zero-order valence-corrected chi connectivity index (χ0v) is 19.5. The second kappa shape index (κ2) is 9.06. The smallest absolute Gasteiger partial charge is 0.269 e. The Morgan fingerprint density at radius 3 is 2.70 bits per heavy atom. The molecule has 3 rings (SSSR count). The second-order valence-electron chi connectivity index (χ2n) is 7.84. The first-order valence-electron chi connectivity index (χ1n) is 9.84. The second-order valence-corrected chi connectivity index (χ2v) is 8.69. The van der Waals surface area contributed by atoms with Crippen molar-refractivity contribution >= 4 is 32.9 Å². The third kappa shape index (κ3) is 4.60. The summed E-state index contributed by atoms with van der Waals surface area (Å²) in [5.41, 5.74) is 17.2. The molecular formula is C22H29BrN6O. The normalized spacial score (nSPS) is 16.4. The number of rotatable bonds is 5. The Hall–Kier alpha value is -2.58. The van der Waals surface area contributed by atoms with Gasteiger partial charge in [-0.3, -0.25) is 9.69 Å². The van der Waals surface area contributed by atoms with Gasteiger partial charge in [-0.25, -0.2) is 4.98 Å². The van der Waals surface area contributed by atoms with Gasteiger partial charge in [0.2, 0.25) is 0 Å². The zero-order valence-electron chi connectivity index (χ0n) is 17.9. The van der Waals surface area contributed by atoms with Crippen LogP contribution in [0.5, 0.6) is 0 Å². The topological polar surface area (TPSA) is 93.4 Å². The predicted octanol–water partition coefficient (Wildman–Crippen LogP) is 2.63. The third-order valence-electron chi connectivity index (χ3n) is 5.45. The van der Waals surface area contributed by atoms with Crippen LogP contribution in [0.4, 0.5) is 0 Å². The molecule has 0 spiro atoms. The fourth-order valence-corrected chi connectivity index (χ4v) is 4.01. The minimum Gasteiger partial charge on any atom is -0.398 e. The van der Waals surface area contributed by atoms with E-state index < -0.39 is 0 Å². The van der Waals surface area contributed by atoms with E-state index in [0.717, 1.165) is 52.7 Å². The molecule has 3 heterocycles. The molecule has 0 saturated carbocycles. The summed E-state index contributed by atoms with van der Waals surface area (Å²) in [7, 11) is 5.40. The van der Waals surface area contributed by atoms with Crippen molar-refractivity contribution in [1.29, 1.82) is 0 Å². The number of carbonyl (C=O) groups excluding carboxylic acids is 1. The first kappa shape index (κ1) is 22.1.